The molecule has 2 rings (SSSR count). The van der Waals surface area contributed by atoms with Gasteiger partial charge in [0, 0.05) is 10.1 Å². The standard InChI is InChI=1S/C8H6FNOS/c9-7-3-4-6(12-7)2-1-5(10)8(4)11/h1-3,11H,10H2. The largest absolute Gasteiger partial charge is 0.505 e. The number of fused-ring (bicyclic) bond motifs is 1. The molecule has 4 heteroatoms. The summed E-state index contributed by atoms with van der Waals surface area (Å²) in [4.78, 5) is 0. The van der Waals surface area contributed by atoms with Gasteiger partial charge in [0.15, 0.2) is 5.13 Å². The Hall–Kier alpha value is -1.29. The van der Waals surface area contributed by atoms with Gasteiger partial charge in [-0.1, -0.05) is 0 Å². The van der Waals surface area contributed by atoms with Crippen LogP contribution in [-0.2, 0) is 0 Å². The first-order valence-corrected chi connectivity index (χ1v) is 4.16. The highest BCUT2D eigenvalue weighted by Gasteiger charge is 2.07. The van der Waals surface area contributed by atoms with Gasteiger partial charge in [0.1, 0.15) is 5.75 Å². The van der Waals surface area contributed by atoms with E-state index in [4.69, 9.17) is 5.73 Å². The molecule has 0 aliphatic rings. The van der Waals surface area contributed by atoms with Gasteiger partial charge in [-0.25, -0.2) is 0 Å². The monoisotopic (exact) mass is 183 g/mol. The lowest BCUT2D eigenvalue weighted by molar-refractivity contribution is 0.484. The average Bonchev–Trinajstić information content (AvgIpc) is 2.39. The number of halogens is 1. The number of phenolic OH excluding ortho intramolecular Hbond substituents is 1. The van der Waals surface area contributed by atoms with Crippen LogP contribution in [0.15, 0.2) is 18.2 Å². The van der Waals surface area contributed by atoms with Crippen LogP contribution < -0.4 is 5.73 Å². The van der Waals surface area contributed by atoms with E-state index in [1.54, 1.807) is 12.1 Å². The number of phenols is 1. The zero-order valence-corrected chi connectivity index (χ0v) is 6.86. The first-order chi connectivity index (χ1) is 5.68. The zero-order valence-electron chi connectivity index (χ0n) is 6.04. The highest BCUT2D eigenvalue weighted by Crippen LogP contribution is 2.35. The molecule has 2 aromatic rings. The Labute approximate surface area is 72.1 Å². The molecule has 0 spiro atoms. The molecule has 0 aliphatic carbocycles. The number of hydrogen-bond donors (Lipinski definition) is 2. The minimum atomic E-state index is -0.314. The van der Waals surface area contributed by atoms with Crippen molar-refractivity contribution in [2.75, 3.05) is 5.73 Å². The van der Waals surface area contributed by atoms with Gasteiger partial charge in [0.25, 0.3) is 0 Å². The molecule has 0 fully saturated rings. The second-order valence-electron chi connectivity index (χ2n) is 2.47. The molecule has 12 heavy (non-hydrogen) atoms. The predicted molar refractivity (Wildman–Crippen MR) is 47.9 cm³/mol. The van der Waals surface area contributed by atoms with E-state index in [1.807, 2.05) is 0 Å². The van der Waals surface area contributed by atoms with Gasteiger partial charge < -0.3 is 10.8 Å². The second kappa shape index (κ2) is 2.35. The minimum absolute atomic E-state index is 0.0346. The van der Waals surface area contributed by atoms with Crippen molar-refractivity contribution >= 4 is 27.1 Å². The predicted octanol–water partition coefficient (Wildman–Crippen LogP) is 2.33. The molecule has 1 heterocycles. The Morgan fingerprint density at radius 3 is 2.92 bits per heavy atom. The maximum absolute atomic E-state index is 12.7. The van der Waals surface area contributed by atoms with Crippen molar-refractivity contribution < 1.29 is 9.50 Å². The number of nitrogens with two attached hydrogens (primary N) is 1. The summed E-state index contributed by atoms with van der Waals surface area (Å²) in [6.07, 6.45) is 0. The molecule has 0 bridgehead atoms. The number of rotatable bonds is 0. The molecule has 0 amide bonds. The van der Waals surface area contributed by atoms with E-state index in [0.717, 1.165) is 11.3 Å². The van der Waals surface area contributed by atoms with Crippen LogP contribution in [0.2, 0.25) is 0 Å². The van der Waals surface area contributed by atoms with E-state index in [9.17, 15) is 9.50 Å². The van der Waals surface area contributed by atoms with Gasteiger partial charge in [-0.2, -0.15) is 4.39 Å². The summed E-state index contributed by atoms with van der Waals surface area (Å²) < 4.78 is 13.4. The molecule has 3 N–H and O–H groups in total. The summed E-state index contributed by atoms with van der Waals surface area (Å²) in [5.41, 5.74) is 5.71. The van der Waals surface area contributed by atoms with E-state index >= 15 is 0 Å². The zero-order chi connectivity index (χ0) is 8.72. The Morgan fingerprint density at radius 2 is 2.17 bits per heavy atom. The van der Waals surface area contributed by atoms with Crippen LogP contribution in [-0.4, -0.2) is 5.11 Å². The van der Waals surface area contributed by atoms with Crippen LogP contribution in [0.1, 0.15) is 0 Å². The van der Waals surface area contributed by atoms with Crippen molar-refractivity contribution in [1.82, 2.24) is 0 Å². The number of nitrogen functional groups attached to an aromatic ring is 1. The Kier molecular flexibility index (Phi) is 1.44. The second-order valence-corrected chi connectivity index (χ2v) is 3.50. The van der Waals surface area contributed by atoms with E-state index in [0.29, 0.717) is 10.1 Å². The molecular formula is C8H6FNOS. The fraction of sp³-hybridized carbons (Fsp3) is 0. The topological polar surface area (TPSA) is 46.2 Å². The van der Waals surface area contributed by atoms with Gasteiger partial charge in [-0.15, -0.1) is 11.3 Å². The fourth-order valence-corrected chi connectivity index (χ4v) is 1.87. The molecule has 2 nitrogen and oxygen atoms in total. The van der Waals surface area contributed by atoms with E-state index in [1.165, 1.54) is 6.07 Å². The maximum Gasteiger partial charge on any atom is 0.177 e. The van der Waals surface area contributed by atoms with E-state index < -0.39 is 0 Å². The fourth-order valence-electron chi connectivity index (χ4n) is 1.08. The Morgan fingerprint density at radius 1 is 1.42 bits per heavy atom. The lowest BCUT2D eigenvalue weighted by atomic mass is 10.2. The van der Waals surface area contributed by atoms with Crippen LogP contribution >= 0.6 is 11.3 Å². The number of thiophene rings is 1. The lowest BCUT2D eigenvalue weighted by Crippen LogP contribution is -1.83. The molecule has 0 unspecified atom stereocenters. The highest BCUT2D eigenvalue weighted by atomic mass is 32.1. The van der Waals surface area contributed by atoms with Gasteiger partial charge >= 0.3 is 0 Å². The lowest BCUT2D eigenvalue weighted by Gasteiger charge is -1.97. The molecule has 0 radical (unpaired) electrons. The average molecular weight is 183 g/mol. The number of aromatic hydroxyl groups is 1. The summed E-state index contributed by atoms with van der Waals surface area (Å²) in [6.45, 7) is 0. The van der Waals surface area contributed by atoms with Crippen LogP contribution in [0.4, 0.5) is 10.1 Å². The summed E-state index contributed by atoms with van der Waals surface area (Å²) in [6, 6.07) is 4.54. The van der Waals surface area contributed by atoms with Gasteiger partial charge in [0.05, 0.1) is 5.69 Å². The van der Waals surface area contributed by atoms with Crippen LogP contribution in [0.5, 0.6) is 5.75 Å². The van der Waals surface area contributed by atoms with Gasteiger partial charge in [-0.3, -0.25) is 0 Å². The minimum Gasteiger partial charge on any atom is -0.505 e. The summed E-state index contributed by atoms with van der Waals surface area (Å²) in [5, 5.41) is 9.56. The number of anilines is 1. The Balaban J connectivity index is 2.89. The third kappa shape index (κ3) is 0.921. The molecule has 0 atom stereocenters. The maximum atomic E-state index is 12.7. The van der Waals surface area contributed by atoms with Crippen LogP contribution in [0.3, 0.4) is 0 Å². The van der Waals surface area contributed by atoms with Crippen molar-refractivity contribution in [1.29, 1.82) is 0 Å². The third-order valence-corrected chi connectivity index (χ3v) is 2.56. The molecule has 0 saturated heterocycles. The van der Waals surface area contributed by atoms with Crippen molar-refractivity contribution in [3.05, 3.63) is 23.3 Å². The third-order valence-electron chi connectivity index (χ3n) is 1.67. The van der Waals surface area contributed by atoms with Crippen molar-refractivity contribution in [2.24, 2.45) is 0 Å². The first kappa shape index (κ1) is 7.36. The molecule has 1 aromatic heterocycles. The van der Waals surface area contributed by atoms with Crippen molar-refractivity contribution in [2.45, 2.75) is 0 Å². The molecule has 1 aromatic carbocycles. The quantitative estimate of drug-likeness (QED) is 0.486. The van der Waals surface area contributed by atoms with Gasteiger partial charge in [0.2, 0.25) is 0 Å². The van der Waals surface area contributed by atoms with Crippen LogP contribution in [0, 0.1) is 5.13 Å². The highest BCUT2D eigenvalue weighted by molar-refractivity contribution is 7.17. The Bertz CT molecular complexity index is 438. The van der Waals surface area contributed by atoms with Gasteiger partial charge in [-0.05, 0) is 18.2 Å². The SMILES string of the molecule is Nc1ccc2sc(F)cc2c1O. The summed E-state index contributed by atoms with van der Waals surface area (Å²) >= 11 is 0.993. The van der Waals surface area contributed by atoms with E-state index in [-0.39, 0.29) is 16.6 Å². The van der Waals surface area contributed by atoms with Crippen molar-refractivity contribution in [3.63, 3.8) is 0 Å². The smallest absolute Gasteiger partial charge is 0.177 e. The number of hydrogen-bond acceptors (Lipinski definition) is 3. The molecule has 62 valence electrons. The summed E-state index contributed by atoms with van der Waals surface area (Å²) in [7, 11) is 0. The molecule has 0 aliphatic heterocycles. The van der Waals surface area contributed by atoms with Crippen molar-refractivity contribution in [3.8, 4) is 5.75 Å². The normalized spacial score (nSPS) is 10.8. The van der Waals surface area contributed by atoms with E-state index in [2.05, 4.69) is 0 Å². The summed E-state index contributed by atoms with van der Waals surface area (Å²) in [5.74, 6) is -0.0346. The number of benzene rings is 1. The molecular weight excluding hydrogens is 177 g/mol. The van der Waals surface area contributed by atoms with Crippen LogP contribution in [0.25, 0.3) is 10.1 Å². The molecule has 0 saturated carbocycles. The first-order valence-electron chi connectivity index (χ1n) is 3.35.